The van der Waals surface area contributed by atoms with Gasteiger partial charge in [-0.1, -0.05) is 30.4 Å². The Bertz CT molecular complexity index is 1180. The number of unbranched alkanes of at least 4 members (excludes halogenated alkanes) is 2. The van der Waals surface area contributed by atoms with Crippen molar-refractivity contribution >= 4 is 11.9 Å². The molecule has 2 atom stereocenters. The third-order valence-electron chi connectivity index (χ3n) is 6.22. The maximum atomic E-state index is 15.5. The number of aliphatic hydroxyl groups excluding tert-OH is 1. The first-order valence-electron chi connectivity index (χ1n) is 12.8. The highest BCUT2D eigenvalue weighted by molar-refractivity contribution is 5.82. The number of alkyl halides is 3. The van der Waals surface area contributed by atoms with Crippen molar-refractivity contribution in [2.45, 2.75) is 70.7 Å². The van der Waals surface area contributed by atoms with Crippen LogP contribution in [-0.2, 0) is 26.9 Å². The Morgan fingerprint density at radius 3 is 2.49 bits per heavy atom. The molecule has 1 amide bonds. The van der Waals surface area contributed by atoms with Crippen LogP contribution in [0, 0.1) is 12.7 Å². The summed E-state index contributed by atoms with van der Waals surface area (Å²) in [5.41, 5.74) is 0.0472. The van der Waals surface area contributed by atoms with Gasteiger partial charge in [0.15, 0.2) is 0 Å². The molecule has 0 aliphatic rings. The van der Waals surface area contributed by atoms with Crippen molar-refractivity contribution in [2.75, 3.05) is 6.61 Å². The Balaban J connectivity index is 2.72. The minimum atomic E-state index is -5.05. The van der Waals surface area contributed by atoms with Crippen LogP contribution in [0.5, 0.6) is 0 Å². The van der Waals surface area contributed by atoms with Gasteiger partial charge in [-0.3, -0.25) is 9.59 Å². The van der Waals surface area contributed by atoms with Crippen LogP contribution in [-0.4, -0.2) is 29.7 Å². The molecule has 0 saturated carbocycles. The van der Waals surface area contributed by atoms with Crippen LogP contribution in [0.4, 0.5) is 17.6 Å². The number of aliphatic hydroxyl groups is 1. The molecule has 0 heterocycles. The highest BCUT2D eigenvalue weighted by Gasteiger charge is 2.38. The minimum absolute atomic E-state index is 0.0205. The molecule has 2 N–H and O–H groups in total. The van der Waals surface area contributed by atoms with Crippen LogP contribution in [0.15, 0.2) is 55.6 Å². The first kappa shape index (κ1) is 31.8. The summed E-state index contributed by atoms with van der Waals surface area (Å²) in [6.45, 7) is 10.4. The van der Waals surface area contributed by atoms with E-state index in [1.807, 2.05) is 12.1 Å². The van der Waals surface area contributed by atoms with E-state index in [0.717, 1.165) is 30.9 Å². The van der Waals surface area contributed by atoms with Crippen molar-refractivity contribution in [1.29, 1.82) is 0 Å². The summed E-state index contributed by atoms with van der Waals surface area (Å²) in [5, 5.41) is 12.4. The van der Waals surface area contributed by atoms with E-state index in [0.29, 0.717) is 17.5 Å². The number of aryl methyl sites for hydroxylation is 2. The van der Waals surface area contributed by atoms with Gasteiger partial charge in [0.05, 0.1) is 24.6 Å². The van der Waals surface area contributed by atoms with Crippen molar-refractivity contribution in [1.82, 2.24) is 5.32 Å². The van der Waals surface area contributed by atoms with Crippen molar-refractivity contribution < 1.29 is 37.0 Å². The van der Waals surface area contributed by atoms with E-state index in [4.69, 9.17) is 4.74 Å². The minimum Gasteiger partial charge on any atom is -0.466 e. The van der Waals surface area contributed by atoms with Gasteiger partial charge in [0.25, 0.3) is 0 Å². The molecule has 0 aliphatic heterocycles. The fraction of sp³-hybridized carbons (Fsp3) is 0.400. The normalized spacial score (nSPS) is 12.9. The van der Waals surface area contributed by atoms with E-state index in [1.165, 1.54) is 19.1 Å². The molecule has 212 valence electrons. The van der Waals surface area contributed by atoms with E-state index in [2.05, 4.69) is 18.5 Å². The van der Waals surface area contributed by atoms with Gasteiger partial charge in [-0.2, -0.15) is 13.2 Å². The van der Waals surface area contributed by atoms with E-state index in [-0.39, 0.29) is 18.6 Å². The van der Waals surface area contributed by atoms with Crippen molar-refractivity contribution in [3.63, 3.8) is 0 Å². The lowest BCUT2D eigenvalue weighted by Crippen LogP contribution is -2.38. The number of rotatable bonds is 14. The average molecular weight is 550 g/mol. The van der Waals surface area contributed by atoms with Gasteiger partial charge >= 0.3 is 12.1 Å². The van der Waals surface area contributed by atoms with E-state index in [9.17, 15) is 27.9 Å². The maximum absolute atomic E-state index is 15.5. The number of halogens is 4. The molecule has 9 heteroatoms. The van der Waals surface area contributed by atoms with E-state index < -0.39 is 53.6 Å². The Hall–Kier alpha value is -3.46. The summed E-state index contributed by atoms with van der Waals surface area (Å²) >= 11 is 0. The number of hydrogen-bond donors (Lipinski definition) is 2. The second-order valence-corrected chi connectivity index (χ2v) is 9.18. The molecule has 0 saturated heterocycles. The largest absolute Gasteiger partial charge is 0.466 e. The lowest BCUT2D eigenvalue weighted by Gasteiger charge is -2.24. The summed E-state index contributed by atoms with van der Waals surface area (Å²) in [4.78, 5) is 24.9. The number of ether oxygens (including phenoxy) is 1. The first-order valence-corrected chi connectivity index (χ1v) is 12.8. The van der Waals surface area contributed by atoms with E-state index in [1.54, 1.807) is 19.1 Å². The van der Waals surface area contributed by atoms with Gasteiger partial charge in [-0.15, -0.1) is 13.2 Å². The SMILES string of the molecule is C=CCCCCc1cccc(C)c1-c1cc([C@H](CC(=O)OCC)NC(=O)[C@H](O)CC=C)c(F)c(C(F)(F)F)c1. The Morgan fingerprint density at radius 1 is 1.15 bits per heavy atom. The fourth-order valence-electron chi connectivity index (χ4n) is 4.36. The summed E-state index contributed by atoms with van der Waals surface area (Å²) in [5.74, 6) is -3.44. The Labute approximate surface area is 226 Å². The number of hydrogen-bond acceptors (Lipinski definition) is 4. The molecule has 0 bridgehead atoms. The third kappa shape index (κ3) is 8.78. The van der Waals surface area contributed by atoms with Crippen LogP contribution < -0.4 is 5.32 Å². The molecule has 0 radical (unpaired) electrons. The molecule has 0 aliphatic carbocycles. The molecular formula is C30H35F4NO4. The Morgan fingerprint density at radius 2 is 1.87 bits per heavy atom. The molecule has 39 heavy (non-hydrogen) atoms. The Kier molecular flexibility index (Phi) is 11.9. The highest BCUT2D eigenvalue weighted by Crippen LogP contribution is 2.40. The average Bonchev–Trinajstić information content (AvgIpc) is 2.86. The van der Waals surface area contributed by atoms with Crippen molar-refractivity contribution in [3.05, 3.63) is 83.7 Å². The van der Waals surface area contributed by atoms with Gasteiger partial charge < -0.3 is 15.2 Å². The molecular weight excluding hydrogens is 514 g/mol. The number of carbonyl (C=O) groups is 2. The maximum Gasteiger partial charge on any atom is 0.419 e. The van der Waals surface area contributed by atoms with E-state index >= 15 is 4.39 Å². The zero-order valence-corrected chi connectivity index (χ0v) is 22.2. The van der Waals surface area contributed by atoms with Crippen molar-refractivity contribution in [2.24, 2.45) is 0 Å². The summed E-state index contributed by atoms with van der Waals surface area (Å²) in [6, 6.07) is 5.83. The highest BCUT2D eigenvalue weighted by atomic mass is 19.4. The van der Waals surface area contributed by atoms with Crippen LogP contribution in [0.1, 0.15) is 67.3 Å². The van der Waals surface area contributed by atoms with Crippen molar-refractivity contribution in [3.8, 4) is 11.1 Å². The van der Waals surface area contributed by atoms with Gasteiger partial charge in [-0.05, 0) is 73.9 Å². The number of nitrogens with one attached hydrogen (secondary N) is 1. The third-order valence-corrected chi connectivity index (χ3v) is 6.22. The molecule has 0 unspecified atom stereocenters. The lowest BCUT2D eigenvalue weighted by molar-refractivity contribution is -0.144. The monoisotopic (exact) mass is 549 g/mol. The van der Waals surface area contributed by atoms with Gasteiger partial charge in [0.1, 0.15) is 11.9 Å². The second-order valence-electron chi connectivity index (χ2n) is 9.18. The van der Waals surface area contributed by atoms with Crippen LogP contribution >= 0.6 is 0 Å². The second kappa shape index (κ2) is 14.6. The predicted molar refractivity (Wildman–Crippen MR) is 142 cm³/mol. The number of esters is 1. The van der Waals surface area contributed by atoms with Gasteiger partial charge in [-0.25, -0.2) is 4.39 Å². The quantitative estimate of drug-likeness (QED) is 0.118. The molecule has 0 fully saturated rings. The van der Waals surface area contributed by atoms with Crippen LogP contribution in [0.25, 0.3) is 11.1 Å². The summed E-state index contributed by atoms with van der Waals surface area (Å²) in [6.07, 6.45) is -1.35. The fourth-order valence-corrected chi connectivity index (χ4v) is 4.36. The topological polar surface area (TPSA) is 75.6 Å². The first-order chi connectivity index (χ1) is 18.4. The molecule has 5 nitrogen and oxygen atoms in total. The molecule has 0 spiro atoms. The summed E-state index contributed by atoms with van der Waals surface area (Å²) < 4.78 is 62.7. The standard InChI is InChI=1S/C30H35F4NO4/c1-5-8-9-10-14-20-15-11-13-19(4)27(20)21-16-22(28(31)23(17-21)30(32,33)34)24(18-26(37)39-7-3)35-29(38)25(36)12-6-2/h5-6,11,13,15-17,24-25,36H,1-2,7-10,12,14,18H2,3-4H3,(H,35,38)/t24-,25+/m0/s1. The number of allylic oxidation sites excluding steroid dienone is 1. The molecule has 2 aromatic rings. The zero-order valence-electron chi connectivity index (χ0n) is 22.2. The molecule has 0 aromatic heterocycles. The van der Waals surface area contributed by atoms with Gasteiger partial charge in [0, 0.05) is 12.0 Å². The summed E-state index contributed by atoms with van der Waals surface area (Å²) in [7, 11) is 0. The molecule has 2 rings (SSSR count). The number of amides is 1. The van der Waals surface area contributed by atoms with Gasteiger partial charge in [0.2, 0.25) is 5.91 Å². The van der Waals surface area contributed by atoms with Crippen LogP contribution in [0.3, 0.4) is 0 Å². The zero-order chi connectivity index (χ0) is 29.2. The molecule has 2 aromatic carbocycles. The number of carbonyl (C=O) groups excluding carboxylic acids is 2. The van der Waals surface area contributed by atoms with Crippen LogP contribution in [0.2, 0.25) is 0 Å². The number of benzene rings is 2. The smallest absolute Gasteiger partial charge is 0.419 e. The lowest BCUT2D eigenvalue weighted by atomic mass is 9.88. The predicted octanol–water partition coefficient (Wildman–Crippen LogP) is 6.77.